The molecule has 0 saturated heterocycles. The van der Waals surface area contributed by atoms with Crippen LogP contribution < -0.4 is 27.8 Å². The van der Waals surface area contributed by atoms with Crippen molar-refractivity contribution in [1.29, 1.82) is 10.8 Å². The molecule has 0 radical (unpaired) electrons. The van der Waals surface area contributed by atoms with Crippen molar-refractivity contribution in [2.24, 2.45) is 5.73 Å². The maximum absolute atomic E-state index is 13.8. The van der Waals surface area contributed by atoms with E-state index in [4.69, 9.17) is 22.3 Å². The topological polar surface area (TPSA) is 184 Å². The van der Waals surface area contributed by atoms with Crippen molar-refractivity contribution in [2.45, 2.75) is 13.5 Å². The van der Waals surface area contributed by atoms with E-state index < -0.39 is 0 Å². The van der Waals surface area contributed by atoms with Crippen molar-refractivity contribution < 1.29 is 5.21 Å². The third-order valence-corrected chi connectivity index (χ3v) is 5.88. The molecule has 0 amide bonds. The number of allylic oxidation sites excluding steroid dienone is 1. The third-order valence-electron chi connectivity index (χ3n) is 5.88. The van der Waals surface area contributed by atoms with Crippen LogP contribution in [-0.4, -0.2) is 38.7 Å². The molecular formula is C25H27N9O2. The molecule has 0 aliphatic rings. The molecule has 4 rings (SSSR count). The number of para-hydroxylation sites is 2. The molecule has 11 nitrogen and oxygen atoms in total. The summed E-state index contributed by atoms with van der Waals surface area (Å²) in [5, 5.41) is 34.5. The summed E-state index contributed by atoms with van der Waals surface area (Å²) in [4.78, 5) is 13.8. The molecule has 184 valence electrons. The number of anilines is 2. The zero-order valence-electron chi connectivity index (χ0n) is 19.8. The van der Waals surface area contributed by atoms with Crippen molar-refractivity contribution in [3.05, 3.63) is 87.6 Å². The summed E-state index contributed by atoms with van der Waals surface area (Å²) in [7, 11) is 1.67. The molecule has 2 heterocycles. The number of aryl methyl sites for hydroxylation is 1. The van der Waals surface area contributed by atoms with Crippen LogP contribution in [0.5, 0.6) is 0 Å². The number of rotatable bonds is 8. The quantitative estimate of drug-likeness (QED) is 0.0864. The standard InChI is InChI=1S/C25H27N9O2/c1-14-6-5-7-15-10-17(34(25(35)20(14)15)19-9-4-3-8-18(19)27)13-33-24(32-36)21(23(28)29)22(31-33)16(11-26)12-30-2/h3-12,26,30,32,36H,13,27H2,1-2H3,(H3,28,29)/b16-12+,26-11?. The van der Waals surface area contributed by atoms with Crippen LogP contribution in [0.1, 0.15) is 22.5 Å². The lowest BCUT2D eigenvalue weighted by atomic mass is 10.1. The summed E-state index contributed by atoms with van der Waals surface area (Å²) in [6.45, 7) is 1.89. The molecule has 0 saturated carbocycles. The van der Waals surface area contributed by atoms with Crippen molar-refractivity contribution in [3.63, 3.8) is 0 Å². The first-order chi connectivity index (χ1) is 17.3. The number of aromatic nitrogens is 3. The highest BCUT2D eigenvalue weighted by Gasteiger charge is 2.24. The second kappa shape index (κ2) is 9.76. The number of hydrogen-bond acceptors (Lipinski definition) is 8. The Morgan fingerprint density at radius 1 is 1.22 bits per heavy atom. The Hall–Kier alpha value is -4.90. The monoisotopic (exact) mass is 485 g/mol. The number of hydrogen-bond donors (Lipinski definition) is 7. The van der Waals surface area contributed by atoms with Crippen molar-refractivity contribution in [2.75, 3.05) is 18.3 Å². The summed E-state index contributed by atoms with van der Waals surface area (Å²) < 4.78 is 2.92. The minimum Gasteiger partial charge on any atom is -0.397 e. The molecule has 4 aromatic rings. The Morgan fingerprint density at radius 2 is 1.97 bits per heavy atom. The Bertz CT molecular complexity index is 1580. The predicted molar refractivity (Wildman–Crippen MR) is 142 cm³/mol. The number of nitrogens with one attached hydrogen (secondary N) is 4. The fraction of sp³-hybridized carbons (Fsp3) is 0.120. The summed E-state index contributed by atoms with van der Waals surface area (Å²) in [6, 6.07) is 14.5. The number of benzene rings is 2. The van der Waals surface area contributed by atoms with Gasteiger partial charge in [-0.1, -0.05) is 30.3 Å². The first-order valence-corrected chi connectivity index (χ1v) is 11.0. The summed E-state index contributed by atoms with van der Waals surface area (Å²) in [5.74, 6) is -0.304. The minimum absolute atomic E-state index is 0.0153. The number of nitrogens with zero attached hydrogens (tertiary/aromatic N) is 3. The van der Waals surface area contributed by atoms with Crippen molar-refractivity contribution in [3.8, 4) is 5.69 Å². The molecule has 36 heavy (non-hydrogen) atoms. The maximum Gasteiger partial charge on any atom is 0.263 e. The Morgan fingerprint density at radius 3 is 2.61 bits per heavy atom. The van der Waals surface area contributed by atoms with Gasteiger partial charge in [-0.25, -0.2) is 4.68 Å². The molecule has 0 spiro atoms. The van der Waals surface area contributed by atoms with E-state index in [0.29, 0.717) is 28.0 Å². The van der Waals surface area contributed by atoms with Gasteiger partial charge < -0.3 is 22.2 Å². The lowest BCUT2D eigenvalue weighted by Crippen LogP contribution is -2.25. The van der Waals surface area contributed by atoms with E-state index in [1.807, 2.05) is 31.2 Å². The largest absolute Gasteiger partial charge is 0.397 e. The average molecular weight is 486 g/mol. The third kappa shape index (κ3) is 4.07. The number of nitrogen functional groups attached to an aromatic ring is 2. The first kappa shape index (κ1) is 24.2. The van der Waals surface area contributed by atoms with E-state index in [1.165, 1.54) is 15.4 Å². The zero-order chi connectivity index (χ0) is 26.0. The average Bonchev–Trinajstić information content (AvgIpc) is 3.21. The van der Waals surface area contributed by atoms with Gasteiger partial charge in [0.15, 0.2) is 5.82 Å². The van der Waals surface area contributed by atoms with Gasteiger partial charge in [0.1, 0.15) is 11.5 Å². The van der Waals surface area contributed by atoms with E-state index in [1.54, 1.807) is 31.3 Å². The van der Waals surface area contributed by atoms with Crippen LogP contribution in [0.3, 0.4) is 0 Å². The highest BCUT2D eigenvalue weighted by atomic mass is 16.5. The molecule has 11 heteroatoms. The van der Waals surface area contributed by atoms with Crippen LogP contribution >= 0.6 is 0 Å². The second-order valence-electron chi connectivity index (χ2n) is 8.16. The van der Waals surface area contributed by atoms with Gasteiger partial charge in [-0.15, -0.1) is 0 Å². The van der Waals surface area contributed by atoms with Gasteiger partial charge in [0.25, 0.3) is 5.56 Å². The maximum atomic E-state index is 13.8. The van der Waals surface area contributed by atoms with Crippen molar-refractivity contribution >= 4 is 39.9 Å². The van der Waals surface area contributed by atoms with Crippen LogP contribution in [-0.2, 0) is 6.54 Å². The van der Waals surface area contributed by atoms with E-state index in [0.717, 1.165) is 17.2 Å². The fourth-order valence-electron chi connectivity index (χ4n) is 4.30. The number of fused-ring (bicyclic) bond motifs is 1. The van der Waals surface area contributed by atoms with Gasteiger partial charge in [-0.3, -0.25) is 25.5 Å². The molecule has 0 aliphatic carbocycles. The normalized spacial score (nSPS) is 11.5. The van der Waals surface area contributed by atoms with E-state index >= 15 is 0 Å². The molecule has 0 aliphatic heterocycles. The van der Waals surface area contributed by atoms with Gasteiger partial charge in [0, 0.05) is 30.7 Å². The molecule has 2 aromatic heterocycles. The molecule has 0 bridgehead atoms. The van der Waals surface area contributed by atoms with E-state index in [2.05, 4.69) is 15.9 Å². The molecule has 0 fully saturated rings. The smallest absolute Gasteiger partial charge is 0.263 e. The van der Waals surface area contributed by atoms with E-state index in [-0.39, 0.29) is 35.0 Å². The van der Waals surface area contributed by atoms with E-state index in [9.17, 15) is 10.0 Å². The highest BCUT2D eigenvalue weighted by molar-refractivity contribution is 6.14. The Balaban J connectivity index is 2.03. The SMILES string of the molecule is CN/C=C(\C=N)c1nn(Cc2cc3cccc(C)c3c(=O)n2-c2ccccc2N)c(NO)c1C(=N)N. The first-order valence-electron chi connectivity index (χ1n) is 11.0. The van der Waals surface area contributed by atoms with Gasteiger partial charge >= 0.3 is 0 Å². The second-order valence-corrected chi connectivity index (χ2v) is 8.16. The summed E-state index contributed by atoms with van der Waals surface area (Å²) >= 11 is 0. The number of pyridine rings is 1. The van der Waals surface area contributed by atoms with Crippen LogP contribution in [0.2, 0.25) is 0 Å². The Kier molecular flexibility index (Phi) is 6.57. The summed E-state index contributed by atoms with van der Waals surface area (Å²) in [5.41, 5.74) is 16.9. The van der Waals surface area contributed by atoms with Gasteiger partial charge in [-0.05, 0) is 36.1 Å². The number of amidine groups is 1. The minimum atomic E-state index is -0.351. The van der Waals surface area contributed by atoms with Gasteiger partial charge in [0.05, 0.1) is 28.9 Å². The molecule has 2 aromatic carbocycles. The predicted octanol–water partition coefficient (Wildman–Crippen LogP) is 2.42. The van der Waals surface area contributed by atoms with Crippen LogP contribution in [0.4, 0.5) is 11.5 Å². The van der Waals surface area contributed by atoms with Gasteiger partial charge in [-0.2, -0.15) is 5.10 Å². The fourth-order valence-corrected chi connectivity index (χ4v) is 4.30. The summed E-state index contributed by atoms with van der Waals surface area (Å²) in [6.07, 6.45) is 2.60. The molecule has 0 unspecified atom stereocenters. The molecular weight excluding hydrogens is 458 g/mol. The van der Waals surface area contributed by atoms with Crippen LogP contribution in [0.25, 0.3) is 22.0 Å². The Labute approximate surface area is 206 Å². The van der Waals surface area contributed by atoms with Gasteiger partial charge in [0.2, 0.25) is 0 Å². The van der Waals surface area contributed by atoms with Crippen LogP contribution in [0.15, 0.2) is 59.5 Å². The highest BCUT2D eigenvalue weighted by Crippen LogP contribution is 2.27. The number of nitrogens with two attached hydrogens (primary N) is 2. The van der Waals surface area contributed by atoms with Crippen molar-refractivity contribution in [1.82, 2.24) is 19.7 Å². The molecule has 9 N–H and O–H groups in total. The lowest BCUT2D eigenvalue weighted by molar-refractivity contribution is 0.379. The molecule has 0 atom stereocenters. The zero-order valence-corrected chi connectivity index (χ0v) is 19.8. The van der Waals surface area contributed by atoms with Crippen LogP contribution in [0, 0.1) is 17.7 Å². The lowest BCUT2D eigenvalue weighted by Gasteiger charge is -2.18.